The van der Waals surface area contributed by atoms with Gasteiger partial charge in [-0.3, -0.25) is 4.79 Å². The molecule has 5 nitrogen and oxygen atoms in total. The summed E-state index contributed by atoms with van der Waals surface area (Å²) in [6, 6.07) is 7.34. The summed E-state index contributed by atoms with van der Waals surface area (Å²) in [6.45, 7) is 8.35. The van der Waals surface area contributed by atoms with E-state index in [1.54, 1.807) is 24.5 Å². The van der Waals surface area contributed by atoms with Gasteiger partial charge in [-0.15, -0.1) is 11.3 Å². The molecule has 27 heavy (non-hydrogen) atoms. The van der Waals surface area contributed by atoms with Gasteiger partial charge in [0, 0.05) is 27.9 Å². The Morgan fingerprint density at radius 3 is 2.78 bits per heavy atom. The highest BCUT2D eigenvalue weighted by Crippen LogP contribution is 2.36. The van der Waals surface area contributed by atoms with Gasteiger partial charge >= 0.3 is 0 Å². The highest BCUT2D eigenvalue weighted by atomic mass is 32.2. The zero-order chi connectivity index (χ0) is 19.6. The van der Waals surface area contributed by atoms with Crippen LogP contribution >= 0.6 is 23.1 Å². The van der Waals surface area contributed by atoms with E-state index in [0.717, 1.165) is 26.8 Å². The number of thioether (sulfide) groups is 1. The van der Waals surface area contributed by atoms with E-state index >= 15 is 0 Å². The van der Waals surface area contributed by atoms with Crippen LogP contribution in [0.4, 0.5) is 5.69 Å². The van der Waals surface area contributed by atoms with E-state index in [1.807, 2.05) is 18.2 Å². The van der Waals surface area contributed by atoms with Gasteiger partial charge in [0.1, 0.15) is 21.4 Å². The molecule has 0 radical (unpaired) electrons. The molecule has 0 atom stereocenters. The van der Waals surface area contributed by atoms with Crippen molar-refractivity contribution < 1.29 is 9.53 Å². The lowest BCUT2D eigenvalue weighted by Crippen LogP contribution is -2.14. The number of nitrogens with one attached hydrogen (secondary N) is 1. The number of rotatable bonds is 6. The lowest BCUT2D eigenvalue weighted by molar-refractivity contribution is -0.113. The summed E-state index contributed by atoms with van der Waals surface area (Å²) < 4.78 is 5.19. The molecule has 1 amide bonds. The molecule has 0 fully saturated rings. The van der Waals surface area contributed by atoms with E-state index in [4.69, 9.17) is 14.7 Å². The van der Waals surface area contributed by atoms with E-state index in [9.17, 15) is 4.79 Å². The van der Waals surface area contributed by atoms with Gasteiger partial charge in [0.05, 0.1) is 12.9 Å². The first kappa shape index (κ1) is 19.6. The molecule has 3 rings (SSSR count). The van der Waals surface area contributed by atoms with Crippen molar-refractivity contribution in [1.29, 1.82) is 0 Å². The van der Waals surface area contributed by atoms with Gasteiger partial charge in [-0.25, -0.2) is 9.97 Å². The van der Waals surface area contributed by atoms with Crippen molar-refractivity contribution in [3.8, 4) is 5.75 Å². The predicted molar refractivity (Wildman–Crippen MR) is 113 cm³/mol. The van der Waals surface area contributed by atoms with Crippen LogP contribution in [0.2, 0.25) is 0 Å². The Bertz CT molecular complexity index is 983. The Kier molecular flexibility index (Phi) is 6.01. The van der Waals surface area contributed by atoms with Crippen LogP contribution in [0.5, 0.6) is 5.75 Å². The van der Waals surface area contributed by atoms with Crippen LogP contribution in [0.25, 0.3) is 10.2 Å². The average molecular weight is 402 g/mol. The first-order valence-corrected chi connectivity index (χ1v) is 10.5. The molecule has 0 aliphatic carbocycles. The van der Waals surface area contributed by atoms with E-state index < -0.39 is 0 Å². The third-order valence-corrected chi connectivity index (χ3v) is 6.30. The molecule has 2 heterocycles. The number of benzene rings is 1. The van der Waals surface area contributed by atoms with Crippen molar-refractivity contribution in [2.75, 3.05) is 18.2 Å². The summed E-state index contributed by atoms with van der Waals surface area (Å²) >= 11 is 3.15. The fraction of sp³-hybridized carbons (Fsp3) is 0.350. The first-order chi connectivity index (χ1) is 12.9. The Morgan fingerprint density at radius 2 is 2.07 bits per heavy atom. The van der Waals surface area contributed by atoms with Crippen molar-refractivity contribution in [3.63, 3.8) is 0 Å². The van der Waals surface area contributed by atoms with Crippen molar-refractivity contribution in [3.05, 3.63) is 40.5 Å². The summed E-state index contributed by atoms with van der Waals surface area (Å²) in [7, 11) is 1.61. The number of aromatic nitrogens is 2. The van der Waals surface area contributed by atoms with Crippen LogP contribution in [0.15, 0.2) is 29.3 Å². The molecule has 0 aliphatic heterocycles. The molecular formula is C20H23N3O2S2. The van der Waals surface area contributed by atoms with Gasteiger partial charge in [-0.2, -0.15) is 0 Å². The topological polar surface area (TPSA) is 64.1 Å². The standard InChI is InChI=1S/C20H23N3O2S2/c1-11(2)18-22-19(17-12(3)13(4)27-20(17)23-18)26-10-16(24)21-14-7-6-8-15(9-14)25-5/h6-9,11H,10H2,1-5H3,(H,21,24). The second-order valence-electron chi connectivity index (χ2n) is 6.57. The molecule has 7 heteroatoms. The summed E-state index contributed by atoms with van der Waals surface area (Å²) in [4.78, 5) is 24.1. The molecule has 1 N–H and O–H groups in total. The van der Waals surface area contributed by atoms with Crippen LogP contribution in [0, 0.1) is 13.8 Å². The van der Waals surface area contributed by atoms with Crippen LogP contribution in [-0.2, 0) is 4.79 Å². The number of thiophene rings is 1. The molecule has 0 saturated heterocycles. The number of hydrogen-bond acceptors (Lipinski definition) is 6. The molecular weight excluding hydrogens is 378 g/mol. The van der Waals surface area contributed by atoms with E-state index in [-0.39, 0.29) is 17.6 Å². The number of amides is 1. The minimum absolute atomic E-state index is 0.0734. The highest BCUT2D eigenvalue weighted by molar-refractivity contribution is 8.00. The van der Waals surface area contributed by atoms with Crippen molar-refractivity contribution in [1.82, 2.24) is 9.97 Å². The number of carbonyl (C=O) groups is 1. The summed E-state index contributed by atoms with van der Waals surface area (Å²) in [5.74, 6) is 1.98. The minimum atomic E-state index is -0.0734. The SMILES string of the molecule is COc1cccc(NC(=O)CSc2nc(C(C)C)nc3sc(C)c(C)c23)c1. The van der Waals surface area contributed by atoms with Crippen molar-refractivity contribution >= 4 is 44.9 Å². The molecule has 0 bridgehead atoms. The second kappa shape index (κ2) is 8.27. The molecule has 0 saturated carbocycles. The molecule has 0 unspecified atom stereocenters. The normalized spacial score (nSPS) is 11.2. The molecule has 0 aliphatic rings. The monoisotopic (exact) mass is 401 g/mol. The molecule has 2 aromatic heterocycles. The van der Waals surface area contributed by atoms with E-state index in [2.05, 4.69) is 33.0 Å². The number of anilines is 1. The second-order valence-corrected chi connectivity index (χ2v) is 8.74. The third kappa shape index (κ3) is 4.42. The zero-order valence-electron chi connectivity index (χ0n) is 16.1. The lowest BCUT2D eigenvalue weighted by Gasteiger charge is -2.10. The predicted octanol–water partition coefficient (Wildman–Crippen LogP) is 5.17. The van der Waals surface area contributed by atoms with Crippen LogP contribution < -0.4 is 10.1 Å². The molecule has 1 aromatic carbocycles. The number of fused-ring (bicyclic) bond motifs is 1. The lowest BCUT2D eigenvalue weighted by atomic mass is 10.2. The Morgan fingerprint density at radius 1 is 1.30 bits per heavy atom. The van der Waals surface area contributed by atoms with Gasteiger partial charge in [0.25, 0.3) is 0 Å². The first-order valence-electron chi connectivity index (χ1n) is 8.73. The van der Waals surface area contributed by atoms with Crippen molar-refractivity contribution in [2.24, 2.45) is 0 Å². The number of nitrogens with zero attached hydrogens (tertiary/aromatic N) is 2. The minimum Gasteiger partial charge on any atom is -0.497 e. The maximum Gasteiger partial charge on any atom is 0.234 e. The van der Waals surface area contributed by atoms with E-state index in [1.165, 1.54) is 22.2 Å². The summed E-state index contributed by atoms with van der Waals surface area (Å²) in [5.41, 5.74) is 1.92. The average Bonchev–Trinajstić information content (AvgIpc) is 2.94. The van der Waals surface area contributed by atoms with Crippen LogP contribution in [-0.4, -0.2) is 28.7 Å². The van der Waals surface area contributed by atoms with Gasteiger partial charge in [0.2, 0.25) is 5.91 Å². The Hall–Kier alpha value is -2.12. The summed E-state index contributed by atoms with van der Waals surface area (Å²) in [5, 5.41) is 4.86. The number of ether oxygens (including phenoxy) is 1. The van der Waals surface area contributed by atoms with Crippen LogP contribution in [0.3, 0.4) is 0 Å². The quantitative estimate of drug-likeness (QED) is 0.456. The number of carbonyl (C=O) groups excluding carboxylic acids is 1. The number of aryl methyl sites for hydroxylation is 2. The maximum atomic E-state index is 12.4. The molecule has 3 aromatic rings. The third-order valence-electron chi connectivity index (χ3n) is 4.22. The fourth-order valence-electron chi connectivity index (χ4n) is 2.62. The van der Waals surface area contributed by atoms with Crippen molar-refractivity contribution in [2.45, 2.75) is 38.6 Å². The largest absolute Gasteiger partial charge is 0.497 e. The van der Waals surface area contributed by atoms with Gasteiger partial charge in [-0.1, -0.05) is 31.7 Å². The summed E-state index contributed by atoms with van der Waals surface area (Å²) in [6.07, 6.45) is 0. The number of methoxy groups -OCH3 is 1. The fourth-order valence-corrected chi connectivity index (χ4v) is 4.62. The van der Waals surface area contributed by atoms with E-state index in [0.29, 0.717) is 5.75 Å². The van der Waals surface area contributed by atoms with Crippen LogP contribution in [0.1, 0.15) is 36.0 Å². The van der Waals surface area contributed by atoms with Gasteiger partial charge in [0.15, 0.2) is 0 Å². The highest BCUT2D eigenvalue weighted by Gasteiger charge is 2.17. The number of hydrogen-bond donors (Lipinski definition) is 1. The van der Waals surface area contributed by atoms with Gasteiger partial charge < -0.3 is 10.1 Å². The Balaban J connectivity index is 1.80. The zero-order valence-corrected chi connectivity index (χ0v) is 17.8. The smallest absolute Gasteiger partial charge is 0.234 e. The Labute approximate surface area is 167 Å². The molecule has 142 valence electrons. The maximum absolute atomic E-state index is 12.4. The van der Waals surface area contributed by atoms with Gasteiger partial charge in [-0.05, 0) is 31.5 Å². The molecule has 0 spiro atoms.